The number of nitrogens with zero attached hydrogens (tertiary/aromatic N) is 4. The normalized spacial score (nSPS) is 13.9. The fraction of sp³-hybridized carbons (Fsp3) is 0.444. The predicted octanol–water partition coefficient (Wildman–Crippen LogP) is 0.367. The molecule has 0 fully saturated rings. The van der Waals surface area contributed by atoms with Gasteiger partial charge >= 0.3 is 7.60 Å². The summed E-state index contributed by atoms with van der Waals surface area (Å²) in [7, 11) is -4.13. The van der Waals surface area contributed by atoms with Crippen LogP contribution in [0.4, 0.5) is 0 Å². The number of rotatable bonds is 5. The molecule has 2 aromatic rings. The van der Waals surface area contributed by atoms with Crippen LogP contribution in [0.2, 0.25) is 0 Å². The smallest absolute Gasteiger partial charge is 0.350 e. The van der Waals surface area contributed by atoms with Gasteiger partial charge in [-0.3, -0.25) is 4.57 Å². The summed E-state index contributed by atoms with van der Waals surface area (Å²) in [6, 6.07) is 0. The molecule has 2 rings (SSSR count). The lowest BCUT2D eigenvalue weighted by molar-refractivity contribution is 0.0764. The fourth-order valence-electron chi connectivity index (χ4n) is 1.50. The quantitative estimate of drug-likeness (QED) is 0.756. The maximum atomic E-state index is 10.7. The Labute approximate surface area is 103 Å². The van der Waals surface area contributed by atoms with Crippen molar-refractivity contribution in [2.75, 3.05) is 6.35 Å². The Morgan fingerprint density at radius 3 is 3.00 bits per heavy atom. The van der Waals surface area contributed by atoms with E-state index < -0.39 is 13.9 Å². The molecule has 0 saturated heterocycles. The van der Waals surface area contributed by atoms with Crippen molar-refractivity contribution in [2.45, 2.75) is 19.6 Å². The fourth-order valence-corrected chi connectivity index (χ4v) is 1.95. The van der Waals surface area contributed by atoms with Gasteiger partial charge in [-0.05, 0) is 6.92 Å². The topological polar surface area (TPSA) is 110 Å². The molecule has 2 heterocycles. The van der Waals surface area contributed by atoms with E-state index in [0.29, 0.717) is 17.7 Å². The van der Waals surface area contributed by atoms with Crippen molar-refractivity contribution < 1.29 is 19.1 Å². The first-order valence-corrected chi connectivity index (χ1v) is 7.02. The van der Waals surface area contributed by atoms with E-state index in [-0.39, 0.29) is 6.10 Å². The standard InChI is InChI=1S/C9H13N4O4P/c1-7(17-6-18(14,15)16)3-13-5-12-8-2-10-4-11-9(8)13/h2,4-5,7H,3,6H2,1H3,(H2,14,15,16). The Kier molecular flexibility index (Phi) is 3.72. The van der Waals surface area contributed by atoms with Crippen LogP contribution in [0.3, 0.4) is 0 Å². The average Bonchev–Trinajstić information content (AvgIpc) is 2.70. The number of aromatic nitrogens is 4. The summed E-state index contributed by atoms with van der Waals surface area (Å²) in [6.45, 7) is 2.14. The summed E-state index contributed by atoms with van der Waals surface area (Å²) in [5.74, 6) is 0. The molecule has 0 aromatic carbocycles. The number of fused-ring (bicyclic) bond motifs is 1. The second-order valence-electron chi connectivity index (χ2n) is 3.90. The molecule has 18 heavy (non-hydrogen) atoms. The Morgan fingerprint density at radius 2 is 2.28 bits per heavy atom. The molecule has 1 atom stereocenters. The molecule has 9 heteroatoms. The Bertz CT molecular complexity index is 581. The zero-order valence-electron chi connectivity index (χ0n) is 9.67. The van der Waals surface area contributed by atoms with Gasteiger partial charge in [-0.25, -0.2) is 15.0 Å². The third-order valence-corrected chi connectivity index (χ3v) is 2.75. The van der Waals surface area contributed by atoms with Gasteiger partial charge in [0.15, 0.2) is 5.65 Å². The summed E-state index contributed by atoms with van der Waals surface area (Å²) < 4.78 is 17.5. The van der Waals surface area contributed by atoms with Gasteiger partial charge in [0.05, 0.1) is 25.2 Å². The first-order valence-electron chi connectivity index (χ1n) is 5.23. The van der Waals surface area contributed by atoms with Crippen molar-refractivity contribution in [3.05, 3.63) is 18.9 Å². The van der Waals surface area contributed by atoms with Gasteiger partial charge in [-0.1, -0.05) is 0 Å². The molecule has 1 unspecified atom stereocenters. The minimum Gasteiger partial charge on any atom is -0.364 e. The SMILES string of the molecule is CC(Cn1cnc2cncnc21)OCP(=O)(O)O. The molecule has 2 N–H and O–H groups in total. The van der Waals surface area contributed by atoms with Crippen LogP contribution in [0.5, 0.6) is 0 Å². The van der Waals surface area contributed by atoms with Gasteiger partial charge in [0.25, 0.3) is 0 Å². The first kappa shape index (κ1) is 13.1. The monoisotopic (exact) mass is 272 g/mol. The third-order valence-electron chi connectivity index (χ3n) is 2.26. The molecule has 0 bridgehead atoms. The summed E-state index contributed by atoms with van der Waals surface area (Å²) in [5.41, 5.74) is 1.33. The molecular weight excluding hydrogens is 259 g/mol. The lowest BCUT2D eigenvalue weighted by Gasteiger charge is -2.14. The maximum absolute atomic E-state index is 10.7. The van der Waals surface area contributed by atoms with E-state index in [1.54, 1.807) is 24.0 Å². The van der Waals surface area contributed by atoms with Crippen LogP contribution in [0.15, 0.2) is 18.9 Å². The molecule has 8 nitrogen and oxygen atoms in total. The Morgan fingerprint density at radius 1 is 1.50 bits per heavy atom. The summed E-state index contributed by atoms with van der Waals surface area (Å²) in [5, 5.41) is 0. The van der Waals surface area contributed by atoms with E-state index in [2.05, 4.69) is 15.0 Å². The van der Waals surface area contributed by atoms with Crippen LogP contribution in [0, 0.1) is 0 Å². The molecule has 0 radical (unpaired) electrons. The summed E-state index contributed by atoms with van der Waals surface area (Å²) in [6.07, 6.45) is 3.67. The van der Waals surface area contributed by atoms with E-state index in [4.69, 9.17) is 14.5 Å². The van der Waals surface area contributed by atoms with Gasteiger partial charge in [0.2, 0.25) is 0 Å². The summed E-state index contributed by atoms with van der Waals surface area (Å²) >= 11 is 0. The highest BCUT2D eigenvalue weighted by molar-refractivity contribution is 7.51. The van der Waals surface area contributed by atoms with Crippen molar-refractivity contribution in [2.24, 2.45) is 0 Å². The highest BCUT2D eigenvalue weighted by atomic mass is 31.2. The molecule has 0 aliphatic heterocycles. The Hall–Kier alpha value is -1.34. The molecule has 0 saturated carbocycles. The average molecular weight is 272 g/mol. The maximum Gasteiger partial charge on any atom is 0.350 e. The largest absolute Gasteiger partial charge is 0.364 e. The predicted molar refractivity (Wildman–Crippen MR) is 62.8 cm³/mol. The highest BCUT2D eigenvalue weighted by Crippen LogP contribution is 2.34. The van der Waals surface area contributed by atoms with Crippen LogP contribution < -0.4 is 0 Å². The Balaban J connectivity index is 2.03. The van der Waals surface area contributed by atoms with E-state index >= 15 is 0 Å². The van der Waals surface area contributed by atoms with Crippen molar-refractivity contribution >= 4 is 18.8 Å². The molecule has 0 aliphatic carbocycles. The second kappa shape index (κ2) is 5.11. The molecule has 0 aliphatic rings. The van der Waals surface area contributed by atoms with Gasteiger partial charge in [-0.15, -0.1) is 0 Å². The van der Waals surface area contributed by atoms with Gasteiger partial charge in [0, 0.05) is 0 Å². The second-order valence-corrected chi connectivity index (χ2v) is 5.49. The number of hydrogen-bond donors (Lipinski definition) is 2. The van der Waals surface area contributed by atoms with E-state index in [0.717, 1.165) is 0 Å². The minimum atomic E-state index is -4.13. The van der Waals surface area contributed by atoms with Crippen LogP contribution in [-0.2, 0) is 15.8 Å². The number of hydrogen-bond acceptors (Lipinski definition) is 5. The van der Waals surface area contributed by atoms with E-state index in [9.17, 15) is 4.57 Å². The van der Waals surface area contributed by atoms with E-state index in [1.807, 2.05) is 0 Å². The highest BCUT2D eigenvalue weighted by Gasteiger charge is 2.16. The van der Waals surface area contributed by atoms with E-state index in [1.165, 1.54) is 6.33 Å². The zero-order chi connectivity index (χ0) is 13.2. The van der Waals surface area contributed by atoms with Crippen LogP contribution in [0.1, 0.15) is 6.92 Å². The molecular formula is C9H13N4O4P. The zero-order valence-corrected chi connectivity index (χ0v) is 10.6. The number of imidazole rings is 1. The molecule has 0 amide bonds. The van der Waals surface area contributed by atoms with Crippen LogP contribution in [-0.4, -0.2) is 41.8 Å². The van der Waals surface area contributed by atoms with Gasteiger partial charge < -0.3 is 19.1 Å². The molecule has 2 aromatic heterocycles. The van der Waals surface area contributed by atoms with Crippen molar-refractivity contribution in [3.8, 4) is 0 Å². The van der Waals surface area contributed by atoms with Gasteiger partial charge in [-0.2, -0.15) is 0 Å². The lowest BCUT2D eigenvalue weighted by atomic mass is 10.4. The molecule has 0 spiro atoms. The first-order chi connectivity index (χ1) is 8.46. The lowest BCUT2D eigenvalue weighted by Crippen LogP contribution is -2.17. The van der Waals surface area contributed by atoms with Crippen molar-refractivity contribution in [1.29, 1.82) is 0 Å². The van der Waals surface area contributed by atoms with Crippen LogP contribution >= 0.6 is 7.60 Å². The van der Waals surface area contributed by atoms with Crippen molar-refractivity contribution in [3.63, 3.8) is 0 Å². The van der Waals surface area contributed by atoms with Crippen LogP contribution in [0.25, 0.3) is 11.2 Å². The third kappa shape index (κ3) is 3.33. The van der Waals surface area contributed by atoms with Crippen molar-refractivity contribution in [1.82, 2.24) is 19.5 Å². The molecule has 98 valence electrons. The summed E-state index contributed by atoms with van der Waals surface area (Å²) in [4.78, 5) is 29.5. The van der Waals surface area contributed by atoms with Gasteiger partial charge in [0.1, 0.15) is 18.2 Å². The number of ether oxygens (including phenoxy) is 1. The minimum absolute atomic E-state index is 0.356.